The molecule has 258 valence electrons. The van der Waals surface area contributed by atoms with Gasteiger partial charge in [0.2, 0.25) is 5.95 Å². The zero-order chi connectivity index (χ0) is 35.1. The summed E-state index contributed by atoms with van der Waals surface area (Å²) in [5.74, 6) is -0.294. The highest BCUT2D eigenvalue weighted by molar-refractivity contribution is 6.30. The van der Waals surface area contributed by atoms with Gasteiger partial charge in [-0.1, -0.05) is 61.8 Å². The predicted octanol–water partition coefficient (Wildman–Crippen LogP) is 8.04. The van der Waals surface area contributed by atoms with Gasteiger partial charge in [0.1, 0.15) is 12.3 Å². The molecule has 0 saturated carbocycles. The number of carbonyl (C=O) groups excluding carboxylic acids is 1. The van der Waals surface area contributed by atoms with Crippen molar-refractivity contribution in [2.75, 3.05) is 24.6 Å². The Labute approximate surface area is 288 Å². The quantitative estimate of drug-likeness (QED) is 0.151. The van der Waals surface area contributed by atoms with Crippen molar-refractivity contribution >= 4 is 29.4 Å². The number of carboxylic acid groups (broad SMARTS) is 1. The van der Waals surface area contributed by atoms with Gasteiger partial charge >= 0.3 is 12.1 Å². The first kappa shape index (κ1) is 35.7. The van der Waals surface area contributed by atoms with Crippen molar-refractivity contribution in [3.05, 3.63) is 118 Å². The van der Waals surface area contributed by atoms with Gasteiger partial charge in [0.25, 0.3) is 5.91 Å². The molecule has 1 unspecified atom stereocenters. The molecule has 49 heavy (non-hydrogen) atoms. The highest BCUT2D eigenvalue weighted by Crippen LogP contribution is 2.35. The highest BCUT2D eigenvalue weighted by atomic mass is 35.5. The van der Waals surface area contributed by atoms with E-state index in [1.54, 1.807) is 0 Å². The van der Waals surface area contributed by atoms with Gasteiger partial charge in [0.05, 0.1) is 29.5 Å². The summed E-state index contributed by atoms with van der Waals surface area (Å²) in [6.45, 7) is 4.57. The molecule has 0 radical (unpaired) electrons. The third-order valence-corrected chi connectivity index (χ3v) is 8.53. The average molecular weight is 695 g/mol. The number of hydrogen-bond donors (Lipinski definition) is 1. The van der Waals surface area contributed by atoms with Crippen LogP contribution in [0.3, 0.4) is 0 Å². The van der Waals surface area contributed by atoms with E-state index in [2.05, 4.69) is 23.7 Å². The minimum absolute atomic E-state index is 0.00762. The van der Waals surface area contributed by atoms with E-state index in [4.69, 9.17) is 21.3 Å². The van der Waals surface area contributed by atoms with Crippen molar-refractivity contribution < 1.29 is 32.6 Å². The number of halogens is 4. The lowest BCUT2D eigenvalue weighted by Gasteiger charge is -2.27. The number of carbonyl (C=O) groups is 2. The molecule has 1 aliphatic heterocycles. The van der Waals surface area contributed by atoms with Gasteiger partial charge < -0.3 is 19.6 Å². The summed E-state index contributed by atoms with van der Waals surface area (Å²) in [5.41, 5.74) is 2.15. The van der Waals surface area contributed by atoms with Crippen molar-refractivity contribution in [3.8, 4) is 5.75 Å². The Balaban J connectivity index is 1.44. The second kappa shape index (κ2) is 15.7. The predicted molar refractivity (Wildman–Crippen MR) is 181 cm³/mol. The van der Waals surface area contributed by atoms with Gasteiger partial charge in [0.15, 0.2) is 0 Å². The topological polar surface area (TPSA) is 95.9 Å². The van der Waals surface area contributed by atoms with Crippen molar-refractivity contribution in [2.45, 2.75) is 58.3 Å². The number of carboxylic acids is 1. The Morgan fingerprint density at radius 1 is 1.00 bits per heavy atom. The largest absolute Gasteiger partial charge is 0.493 e. The number of aromatic nitrogens is 2. The van der Waals surface area contributed by atoms with Crippen LogP contribution in [0, 0.1) is 5.92 Å². The second-order valence-electron chi connectivity index (χ2n) is 12.5. The van der Waals surface area contributed by atoms with Gasteiger partial charge in [0, 0.05) is 24.3 Å². The molecule has 8 nitrogen and oxygen atoms in total. The summed E-state index contributed by atoms with van der Waals surface area (Å²) >= 11 is 6.13. The number of aryl methyl sites for hydroxylation is 2. The smallest absolute Gasteiger partial charge is 0.416 e. The van der Waals surface area contributed by atoms with Crippen molar-refractivity contribution in [1.82, 2.24) is 14.9 Å². The van der Waals surface area contributed by atoms with Crippen LogP contribution in [0.4, 0.5) is 19.1 Å². The van der Waals surface area contributed by atoms with Crippen LogP contribution in [0.15, 0.2) is 79.0 Å². The summed E-state index contributed by atoms with van der Waals surface area (Å²) in [4.78, 5) is 38.6. The molecule has 4 aromatic rings. The van der Waals surface area contributed by atoms with Gasteiger partial charge in [-0.2, -0.15) is 13.2 Å². The molecule has 3 aromatic carbocycles. The lowest BCUT2D eigenvalue weighted by atomic mass is 10.0. The maximum atomic E-state index is 14.0. The number of aliphatic carboxylic acids is 1. The lowest BCUT2D eigenvalue weighted by Crippen LogP contribution is -2.36. The maximum Gasteiger partial charge on any atom is 0.416 e. The van der Waals surface area contributed by atoms with Gasteiger partial charge in [-0.15, -0.1) is 0 Å². The SMILES string of the molecule is CC(C)COc1ccc(CCc2nc(N3CCCC3c3ccc(Cl)cc3)ncc2C(=O)N(CC(=O)O)Cc2ccc(C(F)(F)F)cc2)cc1. The van der Waals surface area contributed by atoms with Crippen LogP contribution in [0.5, 0.6) is 5.75 Å². The third-order valence-electron chi connectivity index (χ3n) is 8.28. The van der Waals surface area contributed by atoms with Gasteiger partial charge in [-0.05, 0) is 84.7 Å². The Morgan fingerprint density at radius 2 is 1.67 bits per heavy atom. The van der Waals surface area contributed by atoms with E-state index in [1.165, 1.54) is 18.3 Å². The number of anilines is 1. The van der Waals surface area contributed by atoms with Crippen LogP contribution in [0.1, 0.15) is 71.0 Å². The Hall–Kier alpha value is -4.64. The normalized spacial score (nSPS) is 14.7. The van der Waals surface area contributed by atoms with E-state index in [-0.39, 0.29) is 18.2 Å². The first-order valence-corrected chi connectivity index (χ1v) is 16.5. The molecule has 1 aromatic heterocycles. The van der Waals surface area contributed by atoms with Crippen molar-refractivity contribution in [2.24, 2.45) is 5.92 Å². The standard InChI is InChI=1S/C37H38ClF3N4O4/c1-24(2)23-49-30-16-7-25(8-17-30)9-18-32-31(20-42-36(43-32)45-19-3-4-33(45)27-10-14-29(38)15-11-27)35(48)44(22-34(46)47)21-26-5-12-28(13-6-26)37(39,40)41/h5-8,10-17,20,24,33H,3-4,9,18-19,21-23H2,1-2H3,(H,46,47). The molecule has 1 fully saturated rings. The molecule has 12 heteroatoms. The molecule has 5 rings (SSSR count). The molecule has 0 aliphatic carbocycles. The Kier molecular flexibility index (Phi) is 11.4. The molecule has 1 N–H and O–H groups in total. The average Bonchev–Trinajstić information content (AvgIpc) is 3.56. The number of hydrogen-bond acceptors (Lipinski definition) is 6. The molecule has 1 atom stereocenters. The van der Waals surface area contributed by atoms with Crippen molar-refractivity contribution in [1.29, 1.82) is 0 Å². The van der Waals surface area contributed by atoms with Crippen LogP contribution in [-0.2, 0) is 30.4 Å². The minimum atomic E-state index is -4.52. The van der Waals surface area contributed by atoms with E-state index in [9.17, 15) is 27.9 Å². The molecule has 0 spiro atoms. The lowest BCUT2D eigenvalue weighted by molar-refractivity contribution is -0.138. The van der Waals surface area contributed by atoms with Gasteiger partial charge in [-0.3, -0.25) is 9.59 Å². The first-order valence-electron chi connectivity index (χ1n) is 16.1. The second-order valence-corrected chi connectivity index (χ2v) is 13.0. The molecule has 1 saturated heterocycles. The van der Waals surface area contributed by atoms with E-state index in [0.29, 0.717) is 54.1 Å². The zero-order valence-corrected chi connectivity index (χ0v) is 28.0. The van der Waals surface area contributed by atoms with E-state index >= 15 is 0 Å². The minimum Gasteiger partial charge on any atom is -0.493 e. The summed E-state index contributed by atoms with van der Waals surface area (Å²) in [6.07, 6.45) is -0.416. The number of nitrogens with zero attached hydrogens (tertiary/aromatic N) is 4. The molecule has 1 amide bonds. The van der Waals surface area contributed by atoms with Crippen LogP contribution in [0.25, 0.3) is 0 Å². The van der Waals surface area contributed by atoms with E-state index < -0.39 is 30.2 Å². The molecular formula is C37H38ClF3N4O4. The van der Waals surface area contributed by atoms with E-state index in [1.807, 2.05) is 48.5 Å². The van der Waals surface area contributed by atoms with Crippen molar-refractivity contribution in [3.63, 3.8) is 0 Å². The zero-order valence-electron chi connectivity index (χ0n) is 27.3. The highest BCUT2D eigenvalue weighted by Gasteiger charge is 2.32. The molecule has 0 bridgehead atoms. The van der Waals surface area contributed by atoms with Crippen LogP contribution in [0.2, 0.25) is 5.02 Å². The first-order chi connectivity index (χ1) is 23.4. The summed E-state index contributed by atoms with van der Waals surface area (Å²) in [5, 5.41) is 10.3. The summed E-state index contributed by atoms with van der Waals surface area (Å²) in [6, 6.07) is 19.7. The molecular weight excluding hydrogens is 657 g/mol. The number of benzene rings is 3. The number of amides is 1. The monoisotopic (exact) mass is 694 g/mol. The number of alkyl halides is 3. The van der Waals surface area contributed by atoms with E-state index in [0.717, 1.165) is 46.8 Å². The summed E-state index contributed by atoms with van der Waals surface area (Å²) < 4.78 is 45.2. The molecule has 2 heterocycles. The van der Waals surface area contributed by atoms with Crippen LogP contribution in [-0.4, -0.2) is 51.5 Å². The number of ether oxygens (including phenoxy) is 1. The fourth-order valence-electron chi connectivity index (χ4n) is 5.78. The van der Waals surface area contributed by atoms with Crippen LogP contribution < -0.4 is 9.64 Å². The fraction of sp³-hybridized carbons (Fsp3) is 0.351. The Morgan fingerprint density at radius 3 is 2.31 bits per heavy atom. The molecule has 1 aliphatic rings. The summed E-state index contributed by atoms with van der Waals surface area (Å²) in [7, 11) is 0. The maximum absolute atomic E-state index is 14.0. The van der Waals surface area contributed by atoms with Crippen LogP contribution >= 0.6 is 11.6 Å². The third kappa shape index (κ3) is 9.50. The number of rotatable bonds is 13. The Bertz CT molecular complexity index is 1730. The fourth-order valence-corrected chi connectivity index (χ4v) is 5.91. The van der Waals surface area contributed by atoms with Gasteiger partial charge in [-0.25, -0.2) is 9.97 Å².